The summed E-state index contributed by atoms with van der Waals surface area (Å²) in [5.41, 5.74) is -0.186. The van der Waals surface area contributed by atoms with Crippen molar-refractivity contribution in [3.8, 4) is 11.1 Å². The molecule has 0 spiro atoms. The minimum Gasteiger partial charge on any atom is -0.343 e. The van der Waals surface area contributed by atoms with Crippen molar-refractivity contribution in [2.24, 2.45) is 0 Å². The Hall–Kier alpha value is -3.09. The molecular weight excluding hydrogens is 330 g/mol. The Morgan fingerprint density at radius 2 is 1.76 bits per heavy atom. The van der Waals surface area contributed by atoms with Crippen LogP contribution in [-0.4, -0.2) is 9.49 Å². The van der Waals surface area contributed by atoms with Crippen molar-refractivity contribution in [2.45, 2.75) is 18.9 Å². The lowest BCUT2D eigenvalue weighted by Crippen LogP contribution is -2.13. The number of nitro benzene ring substituents is 1. The Labute approximate surface area is 140 Å². The molecule has 4 rings (SSSR count). The third kappa shape index (κ3) is 2.48. The molecule has 0 radical (unpaired) electrons. The normalized spacial score (nSPS) is 14.0. The molecule has 1 aromatic heterocycles. The van der Waals surface area contributed by atoms with E-state index in [9.17, 15) is 23.7 Å². The molecule has 126 valence electrons. The number of nitro groups is 1. The fourth-order valence-corrected chi connectivity index (χ4v) is 3.05. The molecule has 1 aliphatic carbocycles. The van der Waals surface area contributed by atoms with E-state index in [2.05, 4.69) is 0 Å². The molecule has 0 unspecified atom stereocenters. The molecule has 2 aromatic carbocycles. The van der Waals surface area contributed by atoms with E-state index < -0.39 is 22.0 Å². The zero-order chi connectivity index (χ0) is 17.7. The SMILES string of the molecule is O=c1c(-c2ccccc2[N+](=O)[O-])cn(C2CC2)c2cc(F)c(F)cc12. The molecule has 1 heterocycles. The lowest BCUT2D eigenvalue weighted by atomic mass is 10.0. The fraction of sp³-hybridized carbons (Fsp3) is 0.167. The second kappa shape index (κ2) is 5.47. The van der Waals surface area contributed by atoms with E-state index in [1.54, 1.807) is 10.6 Å². The maximum atomic E-state index is 13.7. The minimum atomic E-state index is -1.12. The molecule has 5 nitrogen and oxygen atoms in total. The van der Waals surface area contributed by atoms with Crippen LogP contribution in [0.15, 0.2) is 47.4 Å². The van der Waals surface area contributed by atoms with Crippen LogP contribution in [0.3, 0.4) is 0 Å². The first-order chi connectivity index (χ1) is 12.0. The summed E-state index contributed by atoms with van der Waals surface area (Å²) in [4.78, 5) is 23.6. The van der Waals surface area contributed by atoms with Crippen LogP contribution in [0.2, 0.25) is 0 Å². The molecular formula is C18H12F2N2O3. The van der Waals surface area contributed by atoms with Crippen LogP contribution in [-0.2, 0) is 0 Å². The first kappa shape index (κ1) is 15.4. The zero-order valence-electron chi connectivity index (χ0n) is 12.9. The van der Waals surface area contributed by atoms with E-state index in [0.29, 0.717) is 5.52 Å². The highest BCUT2D eigenvalue weighted by Gasteiger charge is 2.27. The van der Waals surface area contributed by atoms with Crippen molar-refractivity contribution in [3.05, 3.63) is 74.6 Å². The van der Waals surface area contributed by atoms with Crippen molar-refractivity contribution in [3.63, 3.8) is 0 Å². The van der Waals surface area contributed by atoms with E-state index in [4.69, 9.17) is 0 Å². The second-order valence-electron chi connectivity index (χ2n) is 6.07. The highest BCUT2D eigenvalue weighted by molar-refractivity contribution is 5.86. The summed E-state index contributed by atoms with van der Waals surface area (Å²) >= 11 is 0. The first-order valence-corrected chi connectivity index (χ1v) is 7.75. The van der Waals surface area contributed by atoms with Crippen LogP contribution in [0.4, 0.5) is 14.5 Å². The largest absolute Gasteiger partial charge is 0.343 e. The summed E-state index contributed by atoms with van der Waals surface area (Å²) < 4.78 is 29.1. The van der Waals surface area contributed by atoms with Crippen LogP contribution >= 0.6 is 0 Å². The molecule has 1 fully saturated rings. The van der Waals surface area contributed by atoms with Gasteiger partial charge in [0, 0.05) is 29.8 Å². The van der Waals surface area contributed by atoms with Gasteiger partial charge in [0.2, 0.25) is 0 Å². The molecule has 1 saturated carbocycles. The van der Waals surface area contributed by atoms with Crippen molar-refractivity contribution < 1.29 is 13.7 Å². The molecule has 3 aromatic rings. The van der Waals surface area contributed by atoms with Crippen LogP contribution in [0.25, 0.3) is 22.0 Å². The molecule has 1 aliphatic rings. The van der Waals surface area contributed by atoms with Crippen LogP contribution in [0.5, 0.6) is 0 Å². The summed E-state index contributed by atoms with van der Waals surface area (Å²) in [6, 6.07) is 7.85. The van der Waals surface area contributed by atoms with Gasteiger partial charge < -0.3 is 4.57 Å². The third-order valence-electron chi connectivity index (χ3n) is 4.41. The molecule has 0 aliphatic heterocycles. The Balaban J connectivity index is 2.10. The third-order valence-corrected chi connectivity index (χ3v) is 4.41. The highest BCUT2D eigenvalue weighted by atomic mass is 19.2. The topological polar surface area (TPSA) is 65.1 Å². The van der Waals surface area contributed by atoms with Gasteiger partial charge in [-0.2, -0.15) is 0 Å². The Morgan fingerprint density at radius 3 is 2.44 bits per heavy atom. The van der Waals surface area contributed by atoms with E-state index in [-0.39, 0.29) is 28.2 Å². The van der Waals surface area contributed by atoms with Gasteiger partial charge in [0.25, 0.3) is 5.69 Å². The first-order valence-electron chi connectivity index (χ1n) is 7.75. The summed E-state index contributed by atoms with van der Waals surface area (Å²) in [6.07, 6.45) is 3.22. The number of benzene rings is 2. The van der Waals surface area contributed by atoms with Crippen molar-refractivity contribution in [1.82, 2.24) is 4.57 Å². The van der Waals surface area contributed by atoms with Gasteiger partial charge in [-0.1, -0.05) is 12.1 Å². The summed E-state index contributed by atoms with van der Waals surface area (Å²) in [5.74, 6) is -2.15. The number of pyridine rings is 1. The van der Waals surface area contributed by atoms with Gasteiger partial charge in [-0.25, -0.2) is 8.78 Å². The number of para-hydroxylation sites is 1. The van der Waals surface area contributed by atoms with Gasteiger partial charge in [-0.15, -0.1) is 0 Å². The van der Waals surface area contributed by atoms with E-state index in [1.807, 2.05) is 0 Å². The number of rotatable bonds is 3. The summed E-state index contributed by atoms with van der Waals surface area (Å²) in [6.45, 7) is 0. The average Bonchev–Trinajstić information content (AvgIpc) is 3.42. The monoisotopic (exact) mass is 342 g/mol. The van der Waals surface area contributed by atoms with Crippen molar-refractivity contribution in [1.29, 1.82) is 0 Å². The van der Waals surface area contributed by atoms with Gasteiger partial charge in [-0.05, 0) is 25.0 Å². The number of hydrogen-bond donors (Lipinski definition) is 0. The van der Waals surface area contributed by atoms with Gasteiger partial charge in [0.1, 0.15) is 0 Å². The predicted octanol–water partition coefficient (Wildman–Crippen LogP) is 4.19. The van der Waals surface area contributed by atoms with Crippen molar-refractivity contribution >= 4 is 16.6 Å². The number of aromatic nitrogens is 1. The molecule has 0 amide bonds. The Bertz CT molecular complexity index is 1090. The smallest absolute Gasteiger partial charge is 0.277 e. The molecule has 0 bridgehead atoms. The molecule has 0 atom stereocenters. The summed E-state index contributed by atoms with van der Waals surface area (Å²) in [7, 11) is 0. The Kier molecular flexibility index (Phi) is 3.38. The maximum Gasteiger partial charge on any atom is 0.277 e. The second-order valence-corrected chi connectivity index (χ2v) is 6.07. The number of fused-ring (bicyclic) bond motifs is 1. The minimum absolute atomic E-state index is 0.0152. The summed E-state index contributed by atoms with van der Waals surface area (Å²) in [5, 5.41) is 11.3. The number of halogens is 2. The van der Waals surface area contributed by atoms with Gasteiger partial charge in [0.05, 0.1) is 21.6 Å². The van der Waals surface area contributed by atoms with Gasteiger partial charge >= 0.3 is 0 Å². The lowest BCUT2D eigenvalue weighted by Gasteiger charge is -2.13. The van der Waals surface area contributed by atoms with E-state index in [1.165, 1.54) is 24.4 Å². The van der Waals surface area contributed by atoms with Crippen LogP contribution in [0, 0.1) is 21.7 Å². The number of hydrogen-bond acceptors (Lipinski definition) is 3. The molecule has 7 heteroatoms. The van der Waals surface area contributed by atoms with Gasteiger partial charge in [-0.3, -0.25) is 14.9 Å². The average molecular weight is 342 g/mol. The lowest BCUT2D eigenvalue weighted by molar-refractivity contribution is -0.384. The predicted molar refractivity (Wildman–Crippen MR) is 88.5 cm³/mol. The van der Waals surface area contributed by atoms with E-state index >= 15 is 0 Å². The Morgan fingerprint density at radius 1 is 1.08 bits per heavy atom. The molecule has 0 saturated heterocycles. The van der Waals surface area contributed by atoms with Crippen LogP contribution in [0.1, 0.15) is 18.9 Å². The number of nitrogens with zero attached hydrogens (tertiary/aromatic N) is 2. The molecule has 25 heavy (non-hydrogen) atoms. The van der Waals surface area contributed by atoms with E-state index in [0.717, 1.165) is 25.0 Å². The van der Waals surface area contributed by atoms with Crippen LogP contribution < -0.4 is 5.43 Å². The molecule has 0 N–H and O–H groups in total. The fourth-order valence-electron chi connectivity index (χ4n) is 3.05. The highest BCUT2D eigenvalue weighted by Crippen LogP contribution is 2.39. The standard InChI is InChI=1S/C18H12F2N2O3/c19-14-7-12-17(8-15(14)20)21(10-5-6-10)9-13(18(12)23)11-3-1-2-4-16(11)22(24)25/h1-4,7-10H,5-6H2. The van der Waals surface area contributed by atoms with Gasteiger partial charge in [0.15, 0.2) is 17.1 Å². The zero-order valence-corrected chi connectivity index (χ0v) is 12.9. The quantitative estimate of drug-likeness (QED) is 0.529. The van der Waals surface area contributed by atoms with Crippen molar-refractivity contribution in [2.75, 3.05) is 0 Å². The maximum absolute atomic E-state index is 13.7.